The molecule has 0 atom stereocenters. The number of rotatable bonds is 2. The van der Waals surface area contributed by atoms with Crippen LogP contribution < -0.4 is 11.1 Å². The summed E-state index contributed by atoms with van der Waals surface area (Å²) in [6.07, 6.45) is 6.78. The fourth-order valence-electron chi connectivity index (χ4n) is 1.57. The van der Waals surface area contributed by atoms with Crippen LogP contribution in [0.4, 0.5) is 0 Å². The van der Waals surface area contributed by atoms with Gasteiger partial charge in [0.1, 0.15) is 0 Å². The second-order valence-corrected chi connectivity index (χ2v) is 6.40. The van der Waals surface area contributed by atoms with E-state index in [0.29, 0.717) is 5.70 Å². The quantitative estimate of drug-likeness (QED) is 0.157. The van der Waals surface area contributed by atoms with E-state index in [0.717, 1.165) is 11.3 Å². The molecule has 0 fully saturated rings. The highest BCUT2D eigenvalue weighted by atomic mass is 32.2. The highest BCUT2D eigenvalue weighted by Crippen LogP contribution is 2.08. The molecule has 1 aliphatic rings. The topological polar surface area (TPSA) is 155 Å². The molecule has 0 aliphatic carbocycles. The number of hydrogen-bond donors (Lipinski definition) is 4. The second-order valence-electron chi connectivity index (χ2n) is 4.98. The van der Waals surface area contributed by atoms with Gasteiger partial charge < -0.3 is 10.5 Å². The van der Waals surface area contributed by atoms with Crippen molar-refractivity contribution in [2.24, 2.45) is 10.8 Å². The largest absolute Gasteiger partial charge is 0.722 e. The zero-order valence-electron chi connectivity index (χ0n) is 13.7. The minimum absolute atomic E-state index is 0.0379. The van der Waals surface area contributed by atoms with E-state index in [4.69, 9.17) is 15.7 Å². The Kier molecular flexibility index (Phi) is 7.03. The van der Waals surface area contributed by atoms with E-state index in [-0.39, 0.29) is 9.76 Å². The molecular weight excluding hydrogens is 346 g/mol. The molecule has 10 heteroatoms. The molecule has 1 aromatic rings. The van der Waals surface area contributed by atoms with Crippen LogP contribution in [0.3, 0.4) is 0 Å². The smallest absolute Gasteiger partial charge is 0.402 e. The minimum atomic E-state index is -4.02. The highest BCUT2D eigenvalue weighted by Gasteiger charge is 2.06. The van der Waals surface area contributed by atoms with Crippen LogP contribution in [0.15, 0.2) is 70.1 Å². The third-order valence-corrected chi connectivity index (χ3v) is 3.66. The van der Waals surface area contributed by atoms with Gasteiger partial charge in [0.2, 0.25) is 0 Å². The first-order chi connectivity index (χ1) is 11.6. The van der Waals surface area contributed by atoms with Gasteiger partial charge >= 0.3 is 5.96 Å². The molecule has 5 N–H and O–H groups in total. The first kappa shape index (κ1) is 20.1. The molecule has 134 valence electrons. The first-order valence-electron chi connectivity index (χ1n) is 6.98. The van der Waals surface area contributed by atoms with Gasteiger partial charge in [-0.3, -0.25) is 10.3 Å². The van der Waals surface area contributed by atoms with Crippen LogP contribution in [0, 0.1) is 17.5 Å². The number of azo groups is 1. The van der Waals surface area contributed by atoms with Crippen LogP contribution in [0.2, 0.25) is 0 Å². The van der Waals surface area contributed by atoms with Gasteiger partial charge in [0.05, 0.1) is 16.8 Å². The van der Waals surface area contributed by atoms with Gasteiger partial charge in [-0.25, -0.2) is 0 Å². The van der Waals surface area contributed by atoms with Gasteiger partial charge in [0.25, 0.3) is 10.1 Å². The van der Waals surface area contributed by atoms with Crippen molar-refractivity contribution in [2.45, 2.75) is 18.7 Å². The monoisotopic (exact) mass is 365 g/mol. The zero-order chi connectivity index (χ0) is 19.0. The number of aryl methyl sites for hydroxylation is 1. The summed E-state index contributed by atoms with van der Waals surface area (Å²) in [7, 11) is -4.02. The van der Waals surface area contributed by atoms with Crippen molar-refractivity contribution >= 4 is 16.1 Å². The third kappa shape index (κ3) is 7.42. The lowest BCUT2D eigenvalue weighted by atomic mass is 10.2. The molecule has 0 spiro atoms. The summed E-state index contributed by atoms with van der Waals surface area (Å²) in [6.45, 7) is 3.73. The number of nitrogens with two attached hydrogens (primary N) is 1. The van der Waals surface area contributed by atoms with E-state index < -0.39 is 16.1 Å². The average Bonchev–Trinajstić information content (AvgIpc) is 2.52. The predicted molar refractivity (Wildman–Crippen MR) is 93.1 cm³/mol. The number of allylic oxidation sites excluding steroid dienone is 4. The maximum absolute atomic E-state index is 10.8. The van der Waals surface area contributed by atoms with E-state index in [1.165, 1.54) is 18.3 Å². The number of nitrogens with zero attached hydrogens (tertiary/aromatic N) is 2. The Morgan fingerprint density at radius 3 is 2.44 bits per heavy atom. The number of nitrogens with one attached hydrogen (secondary N) is 2. The lowest BCUT2D eigenvalue weighted by Gasteiger charge is -2.09. The fraction of sp³-hybridized carbons (Fsp3) is 0.133. The zero-order valence-corrected chi connectivity index (χ0v) is 14.5. The SMILES string of the molecule is CC1=CC=C/C(=C\N=[N+]([O-])C(=N)N)N1.Cc1ccc(S(=O)(=O)O)cc1. The van der Waals surface area contributed by atoms with Crippen molar-refractivity contribution in [1.29, 1.82) is 5.41 Å². The fourth-order valence-corrected chi connectivity index (χ4v) is 2.05. The van der Waals surface area contributed by atoms with Gasteiger partial charge in [-0.15, -0.1) is 15.4 Å². The molecular formula is C15H19N5O4S. The number of hydroxylamine groups is 1. The standard InChI is InChI=1S/C8H11N5O.C7H8O3S/c1-6-3-2-4-7(12-6)5-11-13(14)8(9)10;1-6-2-4-7(5-3-6)11(8,9)10/h2-5,12H,1H3,(H3,9,10);2-5H,1H3,(H,8,9,10)/b7-5+,13-11?;. The lowest BCUT2D eigenvalue weighted by Crippen LogP contribution is -2.21. The minimum Gasteiger partial charge on any atom is -0.722 e. The molecule has 1 aromatic carbocycles. The number of dihydropyridines is 1. The van der Waals surface area contributed by atoms with Crippen molar-refractivity contribution in [2.75, 3.05) is 0 Å². The maximum atomic E-state index is 10.8. The molecule has 0 saturated carbocycles. The van der Waals surface area contributed by atoms with Gasteiger partial charge in [-0.2, -0.15) is 8.42 Å². The molecule has 25 heavy (non-hydrogen) atoms. The van der Waals surface area contributed by atoms with Crippen LogP contribution in [-0.2, 0) is 10.1 Å². The Labute approximate surface area is 145 Å². The molecule has 0 radical (unpaired) electrons. The van der Waals surface area contributed by atoms with Crippen molar-refractivity contribution in [3.63, 3.8) is 0 Å². The number of hydrogen-bond acceptors (Lipinski definition) is 6. The number of guanidine groups is 1. The van der Waals surface area contributed by atoms with Crippen LogP contribution in [0.5, 0.6) is 0 Å². The van der Waals surface area contributed by atoms with Crippen LogP contribution in [0.1, 0.15) is 12.5 Å². The Morgan fingerprint density at radius 1 is 1.36 bits per heavy atom. The molecule has 1 heterocycles. The van der Waals surface area contributed by atoms with Gasteiger partial charge in [-0.05, 0) is 38.1 Å². The van der Waals surface area contributed by atoms with Gasteiger partial charge in [0.15, 0.2) is 0 Å². The molecule has 0 aromatic heterocycles. The number of benzene rings is 1. The summed E-state index contributed by atoms with van der Waals surface area (Å²) in [5.74, 6) is -0.645. The van der Waals surface area contributed by atoms with Crippen molar-refractivity contribution in [3.8, 4) is 0 Å². The van der Waals surface area contributed by atoms with E-state index in [1.54, 1.807) is 18.2 Å². The molecule has 0 bridgehead atoms. The Balaban J connectivity index is 0.000000257. The second kappa shape index (κ2) is 8.76. The lowest BCUT2D eigenvalue weighted by molar-refractivity contribution is -0.407. The Morgan fingerprint density at radius 2 is 1.96 bits per heavy atom. The molecule has 0 saturated heterocycles. The summed E-state index contributed by atoms with van der Waals surface area (Å²) in [6, 6.07) is 5.99. The summed E-state index contributed by atoms with van der Waals surface area (Å²) in [5.41, 5.74) is 7.48. The summed E-state index contributed by atoms with van der Waals surface area (Å²) >= 11 is 0. The van der Waals surface area contributed by atoms with E-state index in [1.807, 2.05) is 26.0 Å². The Hall–Kier alpha value is -2.98. The molecule has 2 rings (SSSR count). The van der Waals surface area contributed by atoms with Crippen LogP contribution >= 0.6 is 0 Å². The van der Waals surface area contributed by atoms with E-state index in [9.17, 15) is 13.6 Å². The third-order valence-electron chi connectivity index (χ3n) is 2.79. The highest BCUT2D eigenvalue weighted by molar-refractivity contribution is 7.85. The molecule has 0 amide bonds. The molecule has 0 unspecified atom stereocenters. The Bertz CT molecular complexity index is 852. The van der Waals surface area contributed by atoms with Crippen LogP contribution in [-0.4, -0.2) is 23.8 Å². The van der Waals surface area contributed by atoms with Crippen LogP contribution in [0.25, 0.3) is 0 Å². The normalized spacial score (nSPS) is 15.7. The van der Waals surface area contributed by atoms with E-state index >= 15 is 0 Å². The van der Waals surface area contributed by atoms with Crippen molar-refractivity contribution in [3.05, 3.63) is 70.9 Å². The van der Waals surface area contributed by atoms with Crippen molar-refractivity contribution in [1.82, 2.24) is 5.32 Å². The summed E-state index contributed by atoms with van der Waals surface area (Å²) in [5, 5.41) is 23.9. The predicted octanol–water partition coefficient (Wildman–Crippen LogP) is 1.99. The summed E-state index contributed by atoms with van der Waals surface area (Å²) in [4.78, 5) is -0.0287. The average molecular weight is 365 g/mol. The van der Waals surface area contributed by atoms with Crippen molar-refractivity contribution < 1.29 is 17.8 Å². The first-order valence-corrected chi connectivity index (χ1v) is 8.42. The van der Waals surface area contributed by atoms with Gasteiger partial charge in [0, 0.05) is 5.70 Å². The van der Waals surface area contributed by atoms with Gasteiger partial charge in [-0.1, -0.05) is 23.8 Å². The summed E-state index contributed by atoms with van der Waals surface area (Å²) < 4.78 is 29.6. The molecule has 1 aliphatic heterocycles. The van der Waals surface area contributed by atoms with E-state index in [2.05, 4.69) is 10.4 Å². The maximum Gasteiger partial charge on any atom is 0.402 e. The molecule has 9 nitrogen and oxygen atoms in total.